The van der Waals surface area contributed by atoms with Crippen LogP contribution in [0.3, 0.4) is 0 Å². The second kappa shape index (κ2) is 15.2. The molecule has 4 aliphatic heterocycles. The van der Waals surface area contributed by atoms with Crippen LogP contribution in [0.15, 0.2) is 61.2 Å². The summed E-state index contributed by atoms with van der Waals surface area (Å²) in [6.45, 7) is 5.14. The second-order valence-corrected chi connectivity index (χ2v) is 13.0. The Morgan fingerprint density at radius 3 is 1.75 bits per heavy atom. The normalized spacial score (nSPS) is 20.1. The molecule has 4 aliphatic rings. The molecule has 2 aromatic heterocycles. The quantitative estimate of drug-likeness (QED) is 0.226. The molecule has 2 atom stereocenters. The number of aliphatic carboxylic acids is 1. The number of nitrogen functional groups attached to an aromatic ring is 2. The third-order valence-electron chi connectivity index (χ3n) is 9.75. The highest BCUT2D eigenvalue weighted by Gasteiger charge is 2.31. The van der Waals surface area contributed by atoms with E-state index in [9.17, 15) is 14.4 Å². The van der Waals surface area contributed by atoms with Crippen LogP contribution in [0.1, 0.15) is 56.5 Å². The SMILES string of the molecule is Nc1ncnc2c1C(=O)N(c1ccc(C3CCN(CC(=O)O)C3)cc1)CCO2.Nc1ncnc2c1C(=O)N(c1ccc(C3CCNC3)cc1)CCO2. The van der Waals surface area contributed by atoms with Crippen LogP contribution >= 0.6 is 0 Å². The van der Waals surface area contributed by atoms with Gasteiger partial charge in [-0.2, -0.15) is 0 Å². The fourth-order valence-corrected chi connectivity index (χ4v) is 7.05. The van der Waals surface area contributed by atoms with Crippen molar-refractivity contribution in [2.75, 3.05) is 80.3 Å². The number of carboxylic acids is 1. The number of carbonyl (C=O) groups excluding carboxylic acids is 2. The lowest BCUT2D eigenvalue weighted by molar-refractivity contribution is -0.138. The maximum Gasteiger partial charge on any atom is 0.317 e. The van der Waals surface area contributed by atoms with Gasteiger partial charge in [0.25, 0.3) is 11.8 Å². The van der Waals surface area contributed by atoms with Gasteiger partial charge in [0.05, 0.1) is 19.6 Å². The first-order valence-corrected chi connectivity index (χ1v) is 17.2. The highest BCUT2D eigenvalue weighted by atomic mass is 16.5. The van der Waals surface area contributed by atoms with E-state index < -0.39 is 5.97 Å². The zero-order valence-electron chi connectivity index (χ0n) is 28.5. The van der Waals surface area contributed by atoms with E-state index in [4.69, 9.17) is 26.0 Å². The largest absolute Gasteiger partial charge is 0.480 e. The molecule has 4 aromatic rings. The summed E-state index contributed by atoms with van der Waals surface area (Å²) in [5, 5.41) is 12.3. The number of nitrogens with one attached hydrogen (secondary N) is 1. The zero-order valence-corrected chi connectivity index (χ0v) is 28.5. The Balaban J connectivity index is 0.000000164. The number of nitrogens with two attached hydrogens (primary N) is 2. The van der Waals surface area contributed by atoms with E-state index in [2.05, 4.69) is 37.4 Å². The average molecular weight is 709 g/mol. The van der Waals surface area contributed by atoms with Gasteiger partial charge in [0.2, 0.25) is 11.8 Å². The predicted molar refractivity (Wildman–Crippen MR) is 192 cm³/mol. The molecule has 52 heavy (non-hydrogen) atoms. The molecule has 8 rings (SSSR count). The van der Waals surface area contributed by atoms with Crippen molar-refractivity contribution in [3.05, 3.63) is 83.4 Å². The number of rotatable bonds is 6. The van der Waals surface area contributed by atoms with E-state index in [0.29, 0.717) is 38.1 Å². The van der Waals surface area contributed by atoms with E-state index in [1.807, 2.05) is 41.3 Å². The van der Waals surface area contributed by atoms with Crippen molar-refractivity contribution >= 4 is 40.8 Å². The molecule has 270 valence electrons. The van der Waals surface area contributed by atoms with Crippen LogP contribution in [-0.4, -0.2) is 107 Å². The minimum atomic E-state index is -0.804. The number of nitrogens with zero attached hydrogens (tertiary/aromatic N) is 7. The number of hydrogen-bond acceptors (Lipinski definition) is 13. The summed E-state index contributed by atoms with van der Waals surface area (Å²) in [4.78, 5) is 57.8. The predicted octanol–water partition coefficient (Wildman–Crippen LogP) is 2.15. The van der Waals surface area contributed by atoms with Gasteiger partial charge >= 0.3 is 5.97 Å². The number of hydrogen-bond donors (Lipinski definition) is 4. The van der Waals surface area contributed by atoms with Crippen molar-refractivity contribution in [2.45, 2.75) is 24.7 Å². The van der Waals surface area contributed by atoms with Gasteiger partial charge in [-0.1, -0.05) is 24.3 Å². The number of ether oxygens (including phenoxy) is 2. The van der Waals surface area contributed by atoms with Crippen molar-refractivity contribution in [1.82, 2.24) is 30.2 Å². The van der Waals surface area contributed by atoms with E-state index in [0.717, 1.165) is 56.0 Å². The van der Waals surface area contributed by atoms with Gasteiger partial charge in [-0.05, 0) is 73.2 Å². The molecule has 6 heterocycles. The fraction of sp³-hybridized carbons (Fsp3) is 0.361. The second-order valence-electron chi connectivity index (χ2n) is 13.0. The van der Waals surface area contributed by atoms with Crippen LogP contribution in [0.5, 0.6) is 11.8 Å². The molecule has 6 N–H and O–H groups in total. The highest BCUT2D eigenvalue weighted by Crippen LogP contribution is 2.32. The first-order valence-electron chi connectivity index (χ1n) is 17.2. The molecule has 2 unspecified atom stereocenters. The van der Waals surface area contributed by atoms with Crippen molar-refractivity contribution in [1.29, 1.82) is 0 Å². The monoisotopic (exact) mass is 708 g/mol. The van der Waals surface area contributed by atoms with Crippen LogP contribution in [-0.2, 0) is 4.79 Å². The maximum absolute atomic E-state index is 13.0. The molecule has 0 radical (unpaired) electrons. The third-order valence-corrected chi connectivity index (χ3v) is 9.75. The topological polar surface area (TPSA) is 215 Å². The first-order chi connectivity index (χ1) is 25.3. The van der Waals surface area contributed by atoms with E-state index in [1.165, 1.54) is 18.2 Å². The number of benzene rings is 2. The molecular weight excluding hydrogens is 668 g/mol. The molecule has 0 spiro atoms. The molecule has 0 bridgehead atoms. The molecule has 16 nitrogen and oxygen atoms in total. The minimum Gasteiger partial charge on any atom is -0.480 e. The van der Waals surface area contributed by atoms with Crippen LogP contribution < -0.4 is 36.1 Å². The van der Waals surface area contributed by atoms with Crippen molar-refractivity contribution < 1.29 is 29.0 Å². The summed E-state index contributed by atoms with van der Waals surface area (Å²) in [6.07, 6.45) is 4.66. The van der Waals surface area contributed by atoms with Gasteiger partial charge in [0, 0.05) is 24.5 Å². The van der Waals surface area contributed by atoms with Gasteiger partial charge in [0.1, 0.15) is 48.6 Å². The van der Waals surface area contributed by atoms with Crippen LogP contribution in [0, 0.1) is 0 Å². The van der Waals surface area contributed by atoms with Crippen LogP contribution in [0.4, 0.5) is 23.0 Å². The number of fused-ring (bicyclic) bond motifs is 2. The number of carbonyl (C=O) groups is 3. The summed E-state index contributed by atoms with van der Waals surface area (Å²) >= 11 is 0. The van der Waals surface area contributed by atoms with E-state index >= 15 is 0 Å². The molecule has 0 saturated carbocycles. The van der Waals surface area contributed by atoms with Gasteiger partial charge in [-0.3, -0.25) is 19.3 Å². The number of amides is 2. The summed E-state index contributed by atoms with van der Waals surface area (Å²) in [7, 11) is 0. The Kier molecular flexibility index (Phi) is 10.1. The lowest BCUT2D eigenvalue weighted by Crippen LogP contribution is -2.32. The number of aromatic nitrogens is 4. The smallest absolute Gasteiger partial charge is 0.317 e. The summed E-state index contributed by atoms with van der Waals surface area (Å²) < 4.78 is 11.1. The molecule has 2 amide bonds. The third kappa shape index (κ3) is 7.29. The lowest BCUT2D eigenvalue weighted by atomic mass is 9.98. The Bertz CT molecular complexity index is 1940. The van der Waals surface area contributed by atoms with Crippen molar-refractivity contribution in [3.8, 4) is 11.8 Å². The summed E-state index contributed by atoms with van der Waals surface area (Å²) in [5.74, 6) is 0.232. The Hall–Kier alpha value is -5.87. The molecule has 2 fully saturated rings. The molecule has 2 saturated heterocycles. The number of carboxylic acid groups (broad SMARTS) is 1. The molecule has 16 heteroatoms. The molecular formula is C36H40N10O6. The highest BCUT2D eigenvalue weighted by molar-refractivity contribution is 6.11. The molecule has 2 aromatic carbocycles. The first kappa shape index (κ1) is 34.6. The average Bonchev–Trinajstić information content (AvgIpc) is 3.78. The number of likely N-dealkylation sites (tertiary alicyclic amines) is 1. The van der Waals surface area contributed by atoms with Crippen LogP contribution in [0.2, 0.25) is 0 Å². The Morgan fingerprint density at radius 1 is 0.750 bits per heavy atom. The Labute approximate surface area is 299 Å². The fourth-order valence-electron chi connectivity index (χ4n) is 7.05. The lowest BCUT2D eigenvalue weighted by Gasteiger charge is -2.21. The van der Waals surface area contributed by atoms with Crippen LogP contribution in [0.25, 0.3) is 0 Å². The maximum atomic E-state index is 13.0. The van der Waals surface area contributed by atoms with Crippen molar-refractivity contribution in [2.24, 2.45) is 0 Å². The summed E-state index contributed by atoms with van der Waals surface area (Å²) in [6, 6.07) is 15.9. The zero-order chi connectivity index (χ0) is 36.2. The summed E-state index contributed by atoms with van der Waals surface area (Å²) in [5.41, 5.74) is 16.2. The number of anilines is 4. The Morgan fingerprint density at radius 2 is 1.27 bits per heavy atom. The minimum absolute atomic E-state index is 0.0692. The van der Waals surface area contributed by atoms with Gasteiger partial charge in [-0.25, -0.2) is 19.9 Å². The van der Waals surface area contributed by atoms with E-state index in [1.54, 1.807) is 9.80 Å². The van der Waals surface area contributed by atoms with Gasteiger partial charge < -0.3 is 41.2 Å². The van der Waals surface area contributed by atoms with Gasteiger partial charge in [-0.15, -0.1) is 0 Å². The van der Waals surface area contributed by atoms with E-state index in [-0.39, 0.29) is 52.9 Å². The van der Waals surface area contributed by atoms with Crippen molar-refractivity contribution in [3.63, 3.8) is 0 Å². The standard InChI is InChI=1S/C19H21N5O4.C17H19N5O2/c20-17-16-18(22-11-21-17)28-8-7-24(19(16)27)14-3-1-12(2-4-14)13-5-6-23(9-13)10-15(25)26;18-15-14-16(21-10-20-15)24-8-7-22(17(14)23)13-3-1-11(2-4-13)12-5-6-19-9-12/h1-4,11,13H,5-10H2,(H,25,26)(H2,20,21,22);1-4,10,12,19H,5-9H2,(H2,18,20,21). The molecule has 0 aliphatic carbocycles. The van der Waals surface area contributed by atoms with Gasteiger partial charge in [0.15, 0.2) is 0 Å².